The first kappa shape index (κ1) is 13.2. The summed E-state index contributed by atoms with van der Waals surface area (Å²) in [6.45, 7) is 0.345. The van der Waals surface area contributed by atoms with E-state index in [4.69, 9.17) is 21.1 Å². The van der Waals surface area contributed by atoms with Crippen LogP contribution in [-0.2, 0) is 21.6 Å². The van der Waals surface area contributed by atoms with Crippen molar-refractivity contribution in [1.29, 1.82) is 0 Å². The molecule has 1 aliphatic rings. The van der Waals surface area contributed by atoms with E-state index < -0.39 is 11.4 Å². The van der Waals surface area contributed by atoms with Gasteiger partial charge in [-0.2, -0.15) is 0 Å². The van der Waals surface area contributed by atoms with Crippen LogP contribution < -0.4 is 4.74 Å². The normalized spacial score (nSPS) is 16.4. The van der Waals surface area contributed by atoms with E-state index in [2.05, 4.69) is 0 Å². The third-order valence-electron chi connectivity index (χ3n) is 3.35. The molecule has 1 aromatic carbocycles. The molecule has 0 amide bonds. The van der Waals surface area contributed by atoms with Crippen molar-refractivity contribution in [2.75, 3.05) is 14.2 Å². The van der Waals surface area contributed by atoms with Gasteiger partial charge in [0, 0.05) is 7.11 Å². The lowest BCUT2D eigenvalue weighted by atomic mass is 9.91. The van der Waals surface area contributed by atoms with Crippen LogP contribution in [0.25, 0.3) is 0 Å². The third kappa shape index (κ3) is 2.06. The average molecular weight is 271 g/mol. The highest BCUT2D eigenvalue weighted by atomic mass is 35.5. The summed E-state index contributed by atoms with van der Waals surface area (Å²) in [4.78, 5) is 11.4. The van der Waals surface area contributed by atoms with Crippen molar-refractivity contribution >= 4 is 17.6 Å². The highest BCUT2D eigenvalue weighted by Gasteiger charge is 2.53. The quantitative estimate of drug-likeness (QED) is 0.894. The molecule has 1 saturated carbocycles. The fourth-order valence-electron chi connectivity index (χ4n) is 2.20. The van der Waals surface area contributed by atoms with Crippen molar-refractivity contribution in [2.45, 2.75) is 24.9 Å². The number of hydrogen-bond acceptors (Lipinski definition) is 3. The van der Waals surface area contributed by atoms with Gasteiger partial charge in [-0.05, 0) is 36.1 Å². The van der Waals surface area contributed by atoms with E-state index in [0.717, 1.165) is 11.1 Å². The Bertz CT molecular complexity index is 480. The minimum Gasteiger partial charge on any atom is -0.495 e. The Kier molecular flexibility index (Phi) is 3.50. The maximum Gasteiger partial charge on any atom is 0.314 e. The van der Waals surface area contributed by atoms with Crippen LogP contribution in [0.1, 0.15) is 24.0 Å². The van der Waals surface area contributed by atoms with Crippen molar-refractivity contribution in [3.8, 4) is 5.75 Å². The first-order valence-electron chi connectivity index (χ1n) is 5.64. The maximum atomic E-state index is 11.4. The Balaban J connectivity index is 2.52. The predicted octanol–water partition coefficient (Wildman–Crippen LogP) is 2.61. The van der Waals surface area contributed by atoms with E-state index in [1.165, 1.54) is 7.11 Å². The molecule has 1 aliphatic carbocycles. The topological polar surface area (TPSA) is 55.8 Å². The van der Waals surface area contributed by atoms with Gasteiger partial charge < -0.3 is 14.6 Å². The van der Waals surface area contributed by atoms with Gasteiger partial charge in [-0.15, -0.1) is 0 Å². The Hall–Kier alpha value is -1.26. The van der Waals surface area contributed by atoms with Crippen molar-refractivity contribution in [3.63, 3.8) is 0 Å². The molecule has 1 N–H and O–H groups in total. The van der Waals surface area contributed by atoms with Crippen LogP contribution in [0.4, 0.5) is 0 Å². The van der Waals surface area contributed by atoms with Crippen LogP contribution in [-0.4, -0.2) is 25.3 Å². The molecule has 4 nitrogen and oxygen atoms in total. The minimum atomic E-state index is -0.805. The number of hydrogen-bond donors (Lipinski definition) is 1. The average Bonchev–Trinajstić information content (AvgIpc) is 3.12. The molecule has 0 spiro atoms. The molecule has 5 heteroatoms. The Morgan fingerprint density at radius 1 is 1.44 bits per heavy atom. The third-order valence-corrected chi connectivity index (χ3v) is 3.65. The molecular weight excluding hydrogens is 256 g/mol. The highest BCUT2D eigenvalue weighted by molar-refractivity contribution is 6.32. The van der Waals surface area contributed by atoms with E-state index in [-0.39, 0.29) is 0 Å². The summed E-state index contributed by atoms with van der Waals surface area (Å²) >= 11 is 6.08. The summed E-state index contributed by atoms with van der Waals surface area (Å²) in [7, 11) is 3.10. The lowest BCUT2D eigenvalue weighted by molar-refractivity contribution is -0.140. The Labute approximate surface area is 110 Å². The van der Waals surface area contributed by atoms with Crippen molar-refractivity contribution in [2.24, 2.45) is 0 Å². The number of aliphatic carboxylic acids is 1. The maximum absolute atomic E-state index is 11.4. The number of rotatable bonds is 5. The fraction of sp³-hybridized carbons (Fsp3) is 0.462. The Morgan fingerprint density at radius 2 is 2.11 bits per heavy atom. The second-order valence-corrected chi connectivity index (χ2v) is 4.87. The number of methoxy groups -OCH3 is 2. The van der Waals surface area contributed by atoms with Gasteiger partial charge in [0.1, 0.15) is 5.75 Å². The first-order chi connectivity index (χ1) is 8.55. The summed E-state index contributed by atoms with van der Waals surface area (Å²) in [5.41, 5.74) is 0.769. The van der Waals surface area contributed by atoms with E-state index >= 15 is 0 Å². The zero-order valence-corrected chi connectivity index (χ0v) is 11.1. The lowest BCUT2D eigenvalue weighted by Crippen LogP contribution is -2.21. The van der Waals surface area contributed by atoms with Crippen LogP contribution >= 0.6 is 11.6 Å². The smallest absolute Gasteiger partial charge is 0.314 e. The number of halogens is 1. The van der Waals surface area contributed by atoms with Gasteiger partial charge in [0.15, 0.2) is 0 Å². The van der Waals surface area contributed by atoms with Gasteiger partial charge in [-0.3, -0.25) is 4.79 Å². The van der Waals surface area contributed by atoms with Crippen LogP contribution in [0, 0.1) is 0 Å². The SMILES string of the molecule is COCc1cc(OC)c(Cl)cc1C1(C(=O)O)CC1. The zero-order chi connectivity index (χ0) is 13.3. The summed E-state index contributed by atoms with van der Waals surface area (Å²) in [5, 5.41) is 9.78. The van der Waals surface area contributed by atoms with Gasteiger partial charge in [-0.1, -0.05) is 11.6 Å². The van der Waals surface area contributed by atoms with Gasteiger partial charge >= 0.3 is 5.97 Å². The number of carboxylic acid groups (broad SMARTS) is 1. The molecule has 0 aliphatic heterocycles. The lowest BCUT2D eigenvalue weighted by Gasteiger charge is -2.17. The van der Waals surface area contributed by atoms with E-state index in [0.29, 0.717) is 30.2 Å². The molecule has 0 radical (unpaired) electrons. The largest absolute Gasteiger partial charge is 0.495 e. The highest BCUT2D eigenvalue weighted by Crippen LogP contribution is 2.51. The molecule has 2 rings (SSSR count). The van der Waals surface area contributed by atoms with Crippen LogP contribution in [0.15, 0.2) is 12.1 Å². The van der Waals surface area contributed by atoms with Crippen LogP contribution in [0.2, 0.25) is 5.02 Å². The standard InChI is InChI=1S/C13H15ClO4/c1-17-7-8-5-11(18-2)10(14)6-9(8)13(3-4-13)12(15)16/h5-6H,3-4,7H2,1-2H3,(H,15,16). The molecular formula is C13H15ClO4. The van der Waals surface area contributed by atoms with Gasteiger partial charge in [-0.25, -0.2) is 0 Å². The Morgan fingerprint density at radius 3 is 2.56 bits per heavy atom. The second kappa shape index (κ2) is 4.78. The molecule has 0 saturated heterocycles. The number of ether oxygens (including phenoxy) is 2. The molecule has 0 heterocycles. The first-order valence-corrected chi connectivity index (χ1v) is 6.02. The molecule has 1 aromatic rings. The second-order valence-electron chi connectivity index (χ2n) is 4.46. The summed E-state index contributed by atoms with van der Waals surface area (Å²) < 4.78 is 10.3. The molecule has 1 fully saturated rings. The van der Waals surface area contributed by atoms with Crippen molar-refractivity contribution in [1.82, 2.24) is 0 Å². The molecule has 18 heavy (non-hydrogen) atoms. The number of carboxylic acids is 1. The van der Waals surface area contributed by atoms with Crippen molar-refractivity contribution in [3.05, 3.63) is 28.3 Å². The van der Waals surface area contributed by atoms with E-state index in [1.54, 1.807) is 19.2 Å². The van der Waals surface area contributed by atoms with Crippen LogP contribution in [0.3, 0.4) is 0 Å². The predicted molar refractivity (Wildman–Crippen MR) is 67.3 cm³/mol. The van der Waals surface area contributed by atoms with Crippen LogP contribution in [0.5, 0.6) is 5.75 Å². The summed E-state index contributed by atoms with van der Waals surface area (Å²) in [6.07, 6.45) is 1.28. The minimum absolute atomic E-state index is 0.345. The van der Waals surface area contributed by atoms with E-state index in [9.17, 15) is 9.90 Å². The monoisotopic (exact) mass is 270 g/mol. The molecule has 0 unspecified atom stereocenters. The fourth-order valence-corrected chi connectivity index (χ4v) is 2.44. The number of benzene rings is 1. The van der Waals surface area contributed by atoms with Crippen molar-refractivity contribution < 1.29 is 19.4 Å². The van der Waals surface area contributed by atoms with E-state index in [1.807, 2.05) is 0 Å². The molecule has 0 atom stereocenters. The number of carbonyl (C=O) groups is 1. The summed E-state index contributed by atoms with van der Waals surface area (Å²) in [5.74, 6) is -0.269. The zero-order valence-electron chi connectivity index (χ0n) is 10.3. The van der Waals surface area contributed by atoms with Gasteiger partial charge in [0.2, 0.25) is 0 Å². The van der Waals surface area contributed by atoms with Gasteiger partial charge in [0.05, 0.1) is 24.2 Å². The molecule has 0 aromatic heterocycles. The summed E-state index contributed by atoms with van der Waals surface area (Å²) in [6, 6.07) is 3.44. The molecule has 98 valence electrons. The van der Waals surface area contributed by atoms with Gasteiger partial charge in [0.25, 0.3) is 0 Å². The molecule has 0 bridgehead atoms.